The first kappa shape index (κ1) is 14.3. The van der Waals surface area contributed by atoms with Crippen molar-refractivity contribution in [2.75, 3.05) is 7.11 Å². The minimum Gasteiger partial charge on any atom is -0.497 e. The van der Waals surface area contributed by atoms with Crippen molar-refractivity contribution in [3.63, 3.8) is 0 Å². The zero-order valence-corrected chi connectivity index (χ0v) is 14.3. The van der Waals surface area contributed by atoms with E-state index in [0.29, 0.717) is 0 Å². The van der Waals surface area contributed by atoms with Gasteiger partial charge in [0.1, 0.15) is 5.75 Å². The van der Waals surface area contributed by atoms with Crippen LogP contribution in [0.25, 0.3) is 22.8 Å². The molecule has 3 aromatic carbocycles. The molecular weight excluding hydrogens is 348 g/mol. The molecule has 112 valence electrons. The highest BCUT2D eigenvalue weighted by Crippen LogP contribution is 2.45. The topological polar surface area (TPSA) is 9.23 Å². The summed E-state index contributed by atoms with van der Waals surface area (Å²) >= 11 is 3.65. The molecular formula is C21H15BrO. The van der Waals surface area contributed by atoms with Crippen LogP contribution in [-0.4, -0.2) is 7.11 Å². The smallest absolute Gasteiger partial charge is 0.119 e. The van der Waals surface area contributed by atoms with E-state index in [-0.39, 0.29) is 0 Å². The maximum absolute atomic E-state index is 5.36. The van der Waals surface area contributed by atoms with Gasteiger partial charge in [-0.25, -0.2) is 0 Å². The molecule has 0 N–H and O–H groups in total. The van der Waals surface area contributed by atoms with Gasteiger partial charge >= 0.3 is 0 Å². The average molecular weight is 363 g/mol. The van der Waals surface area contributed by atoms with Gasteiger partial charge in [0.25, 0.3) is 0 Å². The highest BCUT2D eigenvalue weighted by atomic mass is 79.9. The lowest BCUT2D eigenvalue weighted by Crippen LogP contribution is -1.86. The summed E-state index contributed by atoms with van der Waals surface area (Å²) in [4.78, 5) is 0. The van der Waals surface area contributed by atoms with Crippen molar-refractivity contribution in [2.45, 2.75) is 0 Å². The van der Waals surface area contributed by atoms with E-state index in [1.54, 1.807) is 7.11 Å². The Balaban J connectivity index is 1.95. The van der Waals surface area contributed by atoms with E-state index in [4.69, 9.17) is 4.74 Å². The van der Waals surface area contributed by atoms with Gasteiger partial charge in [0.15, 0.2) is 0 Å². The van der Waals surface area contributed by atoms with Crippen molar-refractivity contribution in [2.24, 2.45) is 0 Å². The summed E-state index contributed by atoms with van der Waals surface area (Å²) in [5.41, 5.74) is 7.53. The first-order valence-electron chi connectivity index (χ1n) is 7.52. The monoisotopic (exact) mass is 362 g/mol. The third-order valence-corrected chi connectivity index (χ3v) is 4.95. The van der Waals surface area contributed by atoms with E-state index in [0.717, 1.165) is 15.8 Å². The number of ether oxygens (including phenoxy) is 1. The van der Waals surface area contributed by atoms with Gasteiger partial charge < -0.3 is 4.74 Å². The Morgan fingerprint density at radius 3 is 1.91 bits per heavy atom. The highest BCUT2D eigenvalue weighted by molar-refractivity contribution is 9.10. The minimum atomic E-state index is 0.861. The number of benzene rings is 3. The second kappa shape index (κ2) is 5.71. The van der Waals surface area contributed by atoms with E-state index < -0.39 is 0 Å². The van der Waals surface area contributed by atoms with E-state index in [2.05, 4.69) is 76.6 Å². The Morgan fingerprint density at radius 1 is 0.783 bits per heavy atom. The fourth-order valence-corrected chi connectivity index (χ4v) is 3.48. The number of rotatable bonds is 2. The van der Waals surface area contributed by atoms with Crippen LogP contribution in [0.15, 0.2) is 71.2 Å². The summed E-state index contributed by atoms with van der Waals surface area (Å²) in [5, 5.41) is 0. The van der Waals surface area contributed by atoms with Gasteiger partial charge in [-0.1, -0.05) is 64.5 Å². The third-order valence-electron chi connectivity index (χ3n) is 4.23. The maximum atomic E-state index is 5.36. The van der Waals surface area contributed by atoms with Gasteiger partial charge in [0.2, 0.25) is 0 Å². The van der Waals surface area contributed by atoms with Crippen LogP contribution in [0.5, 0.6) is 5.75 Å². The molecule has 0 aromatic heterocycles. The van der Waals surface area contributed by atoms with Crippen molar-refractivity contribution in [3.8, 4) is 16.9 Å². The van der Waals surface area contributed by atoms with Crippen molar-refractivity contribution in [1.82, 2.24) is 0 Å². The molecule has 23 heavy (non-hydrogen) atoms. The number of hydrogen-bond acceptors (Lipinski definition) is 1. The molecule has 0 saturated carbocycles. The zero-order chi connectivity index (χ0) is 15.8. The van der Waals surface area contributed by atoms with Crippen LogP contribution in [0, 0.1) is 0 Å². The summed E-state index contributed by atoms with van der Waals surface area (Å²) in [6.07, 6.45) is 2.23. The standard InChI is InChI=1S/C21H15BrO/c1-23-15-10-11-21(22)14(12-15)13-20-18-8-4-2-6-16(18)17-7-3-5-9-19(17)20/h2-13H,1H3. The molecule has 0 radical (unpaired) electrons. The lowest BCUT2D eigenvalue weighted by atomic mass is 10.0. The lowest BCUT2D eigenvalue weighted by molar-refractivity contribution is 0.414. The van der Waals surface area contributed by atoms with Gasteiger partial charge in [0.05, 0.1) is 7.11 Å². The maximum Gasteiger partial charge on any atom is 0.119 e. The molecule has 0 bridgehead atoms. The molecule has 1 aliphatic carbocycles. The summed E-state index contributed by atoms with van der Waals surface area (Å²) < 4.78 is 6.43. The Labute approximate surface area is 144 Å². The number of methoxy groups -OCH3 is 1. The van der Waals surface area contributed by atoms with Crippen molar-refractivity contribution in [3.05, 3.63) is 87.9 Å². The highest BCUT2D eigenvalue weighted by Gasteiger charge is 2.22. The predicted molar refractivity (Wildman–Crippen MR) is 99.5 cm³/mol. The van der Waals surface area contributed by atoms with Gasteiger partial charge in [0, 0.05) is 4.47 Å². The molecule has 0 atom stereocenters. The molecule has 3 aromatic rings. The van der Waals surface area contributed by atoms with Gasteiger partial charge in [-0.2, -0.15) is 0 Å². The quantitative estimate of drug-likeness (QED) is 0.423. The first-order chi connectivity index (χ1) is 11.3. The molecule has 0 heterocycles. The van der Waals surface area contributed by atoms with Crippen molar-refractivity contribution >= 4 is 27.6 Å². The van der Waals surface area contributed by atoms with E-state index in [9.17, 15) is 0 Å². The first-order valence-corrected chi connectivity index (χ1v) is 8.31. The van der Waals surface area contributed by atoms with Crippen LogP contribution in [0.3, 0.4) is 0 Å². The normalized spacial score (nSPS) is 11.8. The molecule has 1 aliphatic rings. The number of hydrogen-bond donors (Lipinski definition) is 0. The Bertz CT molecular complexity index is 877. The summed E-state index contributed by atoms with van der Waals surface area (Å²) in [6.45, 7) is 0. The van der Waals surface area contributed by atoms with Crippen LogP contribution < -0.4 is 4.74 Å². The summed E-state index contributed by atoms with van der Waals surface area (Å²) in [7, 11) is 1.69. The second-order valence-corrected chi connectivity index (χ2v) is 6.39. The number of halogens is 1. The average Bonchev–Trinajstić information content (AvgIpc) is 2.91. The SMILES string of the molecule is COc1ccc(Br)c(C=C2c3ccccc3-c3ccccc32)c1. The third kappa shape index (κ3) is 2.40. The Hall–Kier alpha value is -2.32. The fraction of sp³-hybridized carbons (Fsp3) is 0.0476. The second-order valence-electron chi connectivity index (χ2n) is 5.54. The summed E-state index contributed by atoms with van der Waals surface area (Å²) in [5.74, 6) is 0.861. The van der Waals surface area contributed by atoms with E-state index in [1.807, 2.05) is 12.1 Å². The molecule has 0 spiro atoms. The van der Waals surface area contributed by atoms with E-state index >= 15 is 0 Å². The minimum absolute atomic E-state index is 0.861. The molecule has 1 nitrogen and oxygen atoms in total. The van der Waals surface area contributed by atoms with E-state index in [1.165, 1.54) is 27.8 Å². The summed E-state index contributed by atoms with van der Waals surface area (Å²) in [6, 6.07) is 23.2. The molecule has 4 rings (SSSR count). The van der Waals surface area contributed by atoms with Gasteiger partial charge in [-0.05, 0) is 57.7 Å². The number of fused-ring (bicyclic) bond motifs is 3. The largest absolute Gasteiger partial charge is 0.497 e. The lowest BCUT2D eigenvalue weighted by Gasteiger charge is -2.07. The zero-order valence-electron chi connectivity index (χ0n) is 12.7. The van der Waals surface area contributed by atoms with Crippen LogP contribution in [0.4, 0.5) is 0 Å². The molecule has 0 aliphatic heterocycles. The molecule has 0 amide bonds. The van der Waals surface area contributed by atoms with Gasteiger partial charge in [-0.3, -0.25) is 0 Å². The Kier molecular flexibility index (Phi) is 3.55. The van der Waals surface area contributed by atoms with Gasteiger partial charge in [-0.15, -0.1) is 0 Å². The molecule has 0 unspecified atom stereocenters. The predicted octanol–water partition coefficient (Wildman–Crippen LogP) is 6.03. The molecule has 0 fully saturated rings. The molecule has 2 heteroatoms. The van der Waals surface area contributed by atoms with Crippen molar-refractivity contribution in [1.29, 1.82) is 0 Å². The van der Waals surface area contributed by atoms with Crippen LogP contribution >= 0.6 is 15.9 Å². The van der Waals surface area contributed by atoms with Crippen molar-refractivity contribution < 1.29 is 4.74 Å². The Morgan fingerprint density at radius 2 is 1.35 bits per heavy atom. The molecule has 0 saturated heterocycles. The fourth-order valence-electron chi connectivity index (χ4n) is 3.12. The van der Waals surface area contributed by atoms with Crippen LogP contribution in [0.1, 0.15) is 16.7 Å². The van der Waals surface area contributed by atoms with Crippen LogP contribution in [-0.2, 0) is 0 Å². The van der Waals surface area contributed by atoms with Crippen LogP contribution in [0.2, 0.25) is 0 Å².